The second-order valence-electron chi connectivity index (χ2n) is 3.84. The maximum atomic E-state index is 12.6. The van der Waals surface area contributed by atoms with Crippen LogP contribution >= 0.6 is 11.6 Å². The first-order valence-corrected chi connectivity index (χ1v) is 6.11. The van der Waals surface area contributed by atoms with Gasteiger partial charge in [-0.15, -0.1) is 11.6 Å². The van der Waals surface area contributed by atoms with E-state index >= 15 is 0 Å². The normalized spacial score (nSPS) is 10.3. The van der Waals surface area contributed by atoms with Gasteiger partial charge >= 0.3 is 0 Å². The second kappa shape index (κ2) is 7.22. The van der Waals surface area contributed by atoms with E-state index in [0.29, 0.717) is 12.4 Å². The van der Waals surface area contributed by atoms with Gasteiger partial charge in [0.15, 0.2) is 0 Å². The van der Waals surface area contributed by atoms with Crippen molar-refractivity contribution in [2.75, 3.05) is 19.5 Å². The number of rotatable bonds is 6. The van der Waals surface area contributed by atoms with Crippen LogP contribution in [0.5, 0.6) is 0 Å². The lowest BCUT2D eigenvalue weighted by Gasteiger charge is -2.16. The van der Waals surface area contributed by atoms with Crippen LogP contribution in [0.3, 0.4) is 0 Å². The maximum absolute atomic E-state index is 12.6. The van der Waals surface area contributed by atoms with Crippen LogP contribution in [-0.2, 0) is 0 Å². The highest BCUT2D eigenvalue weighted by Gasteiger charge is 2.12. The van der Waals surface area contributed by atoms with Crippen LogP contribution in [0.1, 0.15) is 29.8 Å². The number of hydrogen-bond donors (Lipinski definition) is 0. The summed E-state index contributed by atoms with van der Waals surface area (Å²) in [7, 11) is 1.72. The van der Waals surface area contributed by atoms with Crippen LogP contribution in [-0.4, -0.2) is 35.3 Å². The first kappa shape index (κ1) is 13.9. The molecule has 17 heavy (non-hydrogen) atoms. The summed E-state index contributed by atoms with van der Waals surface area (Å²) in [5, 5.41) is 0. The summed E-state index contributed by atoms with van der Waals surface area (Å²) >= 11 is 5.56. The molecule has 0 radical (unpaired) electrons. The third-order valence-electron chi connectivity index (χ3n) is 2.42. The molecule has 0 fully saturated rings. The zero-order valence-corrected chi connectivity index (χ0v) is 10.6. The predicted molar refractivity (Wildman–Crippen MR) is 65.7 cm³/mol. The number of alkyl halides is 1. The van der Waals surface area contributed by atoms with E-state index in [1.165, 1.54) is 12.1 Å². The van der Waals surface area contributed by atoms with Gasteiger partial charge in [0.05, 0.1) is 6.20 Å². The van der Waals surface area contributed by atoms with E-state index in [1.807, 2.05) is 0 Å². The number of carbonyl (C=O) groups excluding carboxylic acids is 1. The lowest BCUT2D eigenvalue weighted by Crippen LogP contribution is -2.28. The molecular weight excluding hydrogens is 243 g/mol. The van der Waals surface area contributed by atoms with Gasteiger partial charge in [0.1, 0.15) is 11.5 Å². The minimum absolute atomic E-state index is 0.184. The van der Waals surface area contributed by atoms with E-state index in [0.717, 1.165) is 25.5 Å². The number of aromatic nitrogens is 1. The molecule has 3 nitrogen and oxygen atoms in total. The molecule has 0 aromatic carbocycles. The fourth-order valence-electron chi connectivity index (χ4n) is 1.42. The molecule has 1 aromatic heterocycles. The Bertz CT molecular complexity index is 356. The Kier molecular flexibility index (Phi) is 5.91. The summed E-state index contributed by atoms with van der Waals surface area (Å²) in [5.74, 6) is 0.0270. The number of pyridine rings is 1. The maximum Gasteiger partial charge on any atom is 0.272 e. The molecule has 0 spiro atoms. The molecule has 0 saturated carbocycles. The third kappa shape index (κ3) is 4.69. The highest BCUT2D eigenvalue weighted by molar-refractivity contribution is 6.17. The molecule has 5 heteroatoms. The summed E-state index contributed by atoms with van der Waals surface area (Å²) in [6.45, 7) is 0.661. The molecule has 1 heterocycles. The Balaban J connectivity index is 2.43. The molecule has 0 aliphatic heterocycles. The number of hydrogen-bond acceptors (Lipinski definition) is 2. The summed E-state index contributed by atoms with van der Waals surface area (Å²) in [6, 6.07) is 2.63. The molecule has 0 aliphatic rings. The van der Waals surface area contributed by atoms with E-state index in [2.05, 4.69) is 4.98 Å². The number of unbranched alkanes of at least 4 members (excludes halogenated alkanes) is 2. The molecule has 1 aromatic rings. The number of nitrogens with zero attached hydrogens (tertiary/aromatic N) is 2. The molecule has 1 rings (SSSR count). The summed E-state index contributed by atoms with van der Waals surface area (Å²) in [5.41, 5.74) is 0.270. The fraction of sp³-hybridized carbons (Fsp3) is 0.500. The van der Waals surface area contributed by atoms with Crippen LogP contribution in [0.2, 0.25) is 0 Å². The van der Waals surface area contributed by atoms with Crippen molar-refractivity contribution in [1.29, 1.82) is 0 Å². The molecule has 1 amide bonds. The van der Waals surface area contributed by atoms with Crippen molar-refractivity contribution in [3.05, 3.63) is 29.8 Å². The van der Waals surface area contributed by atoms with Gasteiger partial charge in [0.25, 0.3) is 5.91 Å². The van der Waals surface area contributed by atoms with Crippen molar-refractivity contribution in [3.8, 4) is 0 Å². The first-order chi connectivity index (χ1) is 8.15. The van der Waals surface area contributed by atoms with Crippen LogP contribution in [0, 0.1) is 5.82 Å². The molecule has 0 unspecified atom stereocenters. The van der Waals surface area contributed by atoms with Crippen molar-refractivity contribution in [1.82, 2.24) is 9.88 Å². The molecule has 0 N–H and O–H groups in total. The average Bonchev–Trinajstić information content (AvgIpc) is 2.34. The molecule has 0 aliphatic carbocycles. The van der Waals surface area contributed by atoms with Gasteiger partial charge in [-0.25, -0.2) is 9.37 Å². The van der Waals surface area contributed by atoms with Crippen LogP contribution < -0.4 is 0 Å². The fourth-order valence-corrected chi connectivity index (χ4v) is 1.61. The van der Waals surface area contributed by atoms with Crippen LogP contribution in [0.15, 0.2) is 18.3 Å². The molecule has 0 saturated heterocycles. The predicted octanol–water partition coefficient (Wildman–Crippen LogP) is 2.70. The van der Waals surface area contributed by atoms with E-state index in [1.54, 1.807) is 11.9 Å². The molecular formula is C12H16ClFN2O. The van der Waals surface area contributed by atoms with Crippen LogP contribution in [0.4, 0.5) is 4.39 Å². The van der Waals surface area contributed by atoms with E-state index in [-0.39, 0.29) is 11.6 Å². The highest BCUT2D eigenvalue weighted by atomic mass is 35.5. The third-order valence-corrected chi connectivity index (χ3v) is 2.69. The van der Waals surface area contributed by atoms with Crippen molar-refractivity contribution in [2.24, 2.45) is 0 Å². The lowest BCUT2D eigenvalue weighted by molar-refractivity contribution is 0.0787. The van der Waals surface area contributed by atoms with E-state index in [9.17, 15) is 9.18 Å². The molecule has 94 valence electrons. The average molecular weight is 259 g/mol. The van der Waals surface area contributed by atoms with Gasteiger partial charge in [-0.2, -0.15) is 0 Å². The number of halogens is 2. The van der Waals surface area contributed by atoms with E-state index < -0.39 is 5.82 Å². The largest absolute Gasteiger partial charge is 0.340 e. The smallest absolute Gasteiger partial charge is 0.272 e. The minimum atomic E-state index is -0.439. The SMILES string of the molecule is CN(CCCCCCl)C(=O)c1ccc(F)cn1. The summed E-state index contributed by atoms with van der Waals surface area (Å²) < 4.78 is 12.6. The monoisotopic (exact) mass is 258 g/mol. The van der Waals surface area contributed by atoms with Crippen LogP contribution in [0.25, 0.3) is 0 Å². The topological polar surface area (TPSA) is 33.2 Å². The minimum Gasteiger partial charge on any atom is -0.340 e. The van der Waals surface area contributed by atoms with E-state index in [4.69, 9.17) is 11.6 Å². The van der Waals surface area contributed by atoms with Gasteiger partial charge < -0.3 is 4.90 Å². The second-order valence-corrected chi connectivity index (χ2v) is 4.22. The zero-order chi connectivity index (χ0) is 12.7. The lowest BCUT2D eigenvalue weighted by atomic mass is 10.2. The van der Waals surface area contributed by atoms with Gasteiger partial charge in [-0.3, -0.25) is 4.79 Å². The Labute approximate surface area is 106 Å². The number of carbonyl (C=O) groups is 1. The van der Waals surface area contributed by atoms with Crippen molar-refractivity contribution >= 4 is 17.5 Å². The quantitative estimate of drug-likeness (QED) is 0.581. The van der Waals surface area contributed by atoms with Gasteiger partial charge in [-0.1, -0.05) is 6.42 Å². The Morgan fingerprint density at radius 3 is 2.76 bits per heavy atom. The number of amides is 1. The summed E-state index contributed by atoms with van der Waals surface area (Å²) in [6.07, 6.45) is 3.92. The van der Waals surface area contributed by atoms with Crippen molar-refractivity contribution < 1.29 is 9.18 Å². The van der Waals surface area contributed by atoms with Gasteiger partial charge in [0, 0.05) is 19.5 Å². The van der Waals surface area contributed by atoms with Crippen molar-refractivity contribution in [3.63, 3.8) is 0 Å². The Morgan fingerprint density at radius 1 is 1.41 bits per heavy atom. The Hall–Kier alpha value is -1.16. The van der Waals surface area contributed by atoms with Gasteiger partial charge in [0.2, 0.25) is 0 Å². The molecule has 0 atom stereocenters. The van der Waals surface area contributed by atoms with Crippen molar-refractivity contribution in [2.45, 2.75) is 19.3 Å². The molecule has 0 bridgehead atoms. The standard InChI is InChI=1S/C12H16ClFN2O/c1-16(8-4-2-3-7-13)12(17)11-6-5-10(14)9-15-11/h5-6,9H,2-4,7-8H2,1H3. The summed E-state index contributed by atoms with van der Waals surface area (Å²) in [4.78, 5) is 17.2. The highest BCUT2D eigenvalue weighted by Crippen LogP contribution is 2.04. The van der Waals surface area contributed by atoms with Gasteiger partial charge in [-0.05, 0) is 25.0 Å². The Morgan fingerprint density at radius 2 is 2.18 bits per heavy atom. The zero-order valence-electron chi connectivity index (χ0n) is 9.83. The first-order valence-electron chi connectivity index (χ1n) is 5.58.